The van der Waals surface area contributed by atoms with E-state index in [0.717, 1.165) is 88.3 Å². The minimum absolute atomic E-state index is 0.0434. The number of carbonyl (C=O) groups is 8. The number of nitrogens with two attached hydrogens (primary N) is 2. The van der Waals surface area contributed by atoms with Crippen LogP contribution in [-0.4, -0.2) is 165 Å². The van der Waals surface area contributed by atoms with E-state index >= 15 is 0 Å². The van der Waals surface area contributed by atoms with Crippen LogP contribution in [0.15, 0.2) is 115 Å². The first-order valence-electron chi connectivity index (χ1n) is 31.9. The molecule has 10 rings (SSSR count). The Bertz CT molecular complexity index is 3420. The molecule has 5 aromatic rings. The summed E-state index contributed by atoms with van der Waals surface area (Å²) in [6, 6.07) is 35.6. The van der Waals surface area contributed by atoms with Crippen LogP contribution in [0, 0.1) is 11.8 Å². The smallest absolute Gasteiger partial charge is 0.415 e. The fourth-order valence-corrected chi connectivity index (χ4v) is 13.1. The Kier molecular flexibility index (Phi) is 21.2. The number of nitrogens with zero attached hydrogens (tertiary/aromatic N) is 6. The second kappa shape index (κ2) is 29.7. The van der Waals surface area contributed by atoms with Gasteiger partial charge in [0.15, 0.2) is 0 Å². The van der Waals surface area contributed by atoms with Crippen molar-refractivity contribution in [2.24, 2.45) is 23.3 Å². The van der Waals surface area contributed by atoms with Crippen molar-refractivity contribution >= 4 is 64.8 Å². The normalized spacial score (nSPS) is 19.2. The van der Waals surface area contributed by atoms with Crippen LogP contribution in [0.3, 0.4) is 0 Å². The Hall–Kier alpha value is -9.02. The molecule has 482 valence electrons. The first-order valence-corrected chi connectivity index (χ1v) is 31.9. The minimum atomic E-state index is -0.920. The quantitative estimate of drug-likeness (QED) is 0.0304. The number of hydrogen-bond donors (Lipinski definition) is 6. The van der Waals surface area contributed by atoms with Crippen LogP contribution in [0.5, 0.6) is 5.75 Å². The molecule has 8 N–H and O–H groups in total. The fourth-order valence-electron chi connectivity index (χ4n) is 13.1. The molecule has 22 heteroatoms. The predicted octanol–water partition coefficient (Wildman–Crippen LogP) is 6.90. The van der Waals surface area contributed by atoms with Crippen molar-refractivity contribution in [2.75, 3.05) is 94.7 Å². The molecule has 0 radical (unpaired) electrons. The van der Waals surface area contributed by atoms with Crippen molar-refractivity contribution in [3.8, 4) is 5.75 Å². The topological polar surface area (TPSA) is 275 Å². The number of imide groups is 1. The molecule has 4 aliphatic heterocycles. The lowest BCUT2D eigenvalue weighted by atomic mass is 9.69. The van der Waals surface area contributed by atoms with E-state index in [1.54, 1.807) is 43.3 Å². The van der Waals surface area contributed by atoms with E-state index < -0.39 is 54.1 Å². The molecule has 3 saturated heterocycles. The first kappa shape index (κ1) is 64.9. The summed E-state index contributed by atoms with van der Waals surface area (Å²) in [4.78, 5) is 113. The molecule has 91 heavy (non-hydrogen) atoms. The number of ether oxygens (including phenoxy) is 2. The molecule has 0 spiro atoms. The zero-order valence-electron chi connectivity index (χ0n) is 52.6. The maximum Gasteiger partial charge on any atom is 0.415 e. The van der Waals surface area contributed by atoms with E-state index in [0.29, 0.717) is 47.9 Å². The van der Waals surface area contributed by atoms with Gasteiger partial charge in [-0.15, -0.1) is 0 Å². The van der Waals surface area contributed by atoms with Gasteiger partial charge in [-0.3, -0.25) is 34.2 Å². The molecule has 4 heterocycles. The lowest BCUT2D eigenvalue weighted by Crippen LogP contribution is -2.52. The van der Waals surface area contributed by atoms with Crippen LogP contribution in [0.25, 0.3) is 0 Å². The molecule has 5 aliphatic rings. The Morgan fingerprint density at radius 2 is 1.41 bits per heavy atom. The van der Waals surface area contributed by atoms with Gasteiger partial charge in [-0.25, -0.2) is 14.4 Å². The Morgan fingerprint density at radius 1 is 0.714 bits per heavy atom. The van der Waals surface area contributed by atoms with Gasteiger partial charge in [0.2, 0.25) is 23.6 Å². The van der Waals surface area contributed by atoms with Gasteiger partial charge in [0, 0.05) is 121 Å². The molecule has 5 atom stereocenters. The summed E-state index contributed by atoms with van der Waals surface area (Å²) in [7, 11) is 3.22. The highest BCUT2D eigenvalue weighted by molar-refractivity contribution is 6.05. The highest BCUT2D eigenvalue weighted by Gasteiger charge is 2.40. The molecule has 5 aromatic carbocycles. The summed E-state index contributed by atoms with van der Waals surface area (Å²) >= 11 is 0. The molecule has 0 aromatic heterocycles. The minimum Gasteiger partial charge on any atom is -0.445 e. The third-order valence-electron chi connectivity index (χ3n) is 18.6. The van der Waals surface area contributed by atoms with E-state index in [9.17, 15) is 38.4 Å². The number of primary amides is 1. The van der Waals surface area contributed by atoms with Gasteiger partial charge < -0.3 is 61.4 Å². The molecular formula is C69H86N12O10. The van der Waals surface area contributed by atoms with Crippen LogP contribution in [0.4, 0.5) is 31.4 Å². The maximum absolute atomic E-state index is 13.5. The van der Waals surface area contributed by atoms with Crippen molar-refractivity contribution in [2.45, 2.75) is 108 Å². The summed E-state index contributed by atoms with van der Waals surface area (Å²) in [5, 5.41) is 10.4. The van der Waals surface area contributed by atoms with Gasteiger partial charge in [-0.1, -0.05) is 74.5 Å². The monoisotopic (exact) mass is 1240 g/mol. The number of carbonyl (C=O) groups excluding carboxylic acids is 8. The van der Waals surface area contributed by atoms with Crippen molar-refractivity contribution in [3.05, 3.63) is 154 Å². The van der Waals surface area contributed by atoms with Crippen LogP contribution in [0.2, 0.25) is 0 Å². The number of aryl methyl sites for hydroxylation is 1. The SMILES string of the molecule is CC(C)[C@H](N)C(=O)N[C@@H](CCCNC(N)=O)C(=O)Nc1ccc(COC(=O)N(C)CCN(C)C(=O)Oc2ccc3c(c2)CC[C@H](c2ccccc2)[C@@H]3c2ccc(N3CCC(CN4CCN(c5ccc6c(c5)CN([C@H]5CCC(=O)NC5=O)C6=O)CC4)CC3)cc2)cc1. The number of hydrogen-bond acceptors (Lipinski definition) is 14. The number of rotatable bonds is 22. The number of anilines is 3. The molecule has 0 saturated carbocycles. The zero-order valence-corrected chi connectivity index (χ0v) is 52.6. The number of urea groups is 1. The Balaban J connectivity index is 0.670. The van der Waals surface area contributed by atoms with E-state index in [1.807, 2.05) is 38.1 Å². The van der Waals surface area contributed by atoms with Gasteiger partial charge in [0.1, 0.15) is 24.4 Å². The van der Waals surface area contributed by atoms with Crippen LogP contribution >= 0.6 is 0 Å². The second-order valence-corrected chi connectivity index (χ2v) is 25.2. The first-order chi connectivity index (χ1) is 43.8. The number of piperidine rings is 2. The van der Waals surface area contributed by atoms with Crippen LogP contribution < -0.4 is 47.3 Å². The number of amides is 9. The summed E-state index contributed by atoms with van der Waals surface area (Å²) < 4.78 is 11.5. The van der Waals surface area contributed by atoms with Crippen LogP contribution in [0.1, 0.15) is 114 Å². The van der Waals surface area contributed by atoms with Gasteiger partial charge in [-0.2, -0.15) is 0 Å². The highest BCUT2D eigenvalue weighted by atomic mass is 16.6. The average Bonchev–Trinajstić information content (AvgIpc) is 1.80. The third kappa shape index (κ3) is 16.3. The largest absolute Gasteiger partial charge is 0.445 e. The standard InChI is InChI=1S/C69H86N12O10/c1-44(2)62(70)65(85)74-58(11-8-30-72-67(71)87)63(83)73-51-17-12-46(13-18-51)43-90-68(88)76(3)33-34-77(4)69(89)91-54-22-25-56-49(40-54)16-23-55(47-9-6-5-7-10-47)61(56)48-14-19-52(20-15-48)79-31-28-45(29-32-79)41-78-35-37-80(38-36-78)53-21-24-57-50(39-53)42-81(66(57)86)59-26-27-60(82)75-64(59)84/h5-7,9-10,12-15,17-22,24-25,39-40,44-45,55,58-59,61-62H,8,11,16,23,26-38,41-43,70H2,1-4H3,(H,73,83)(H,74,85)(H3,71,72,87)(H,75,82,84)/t55-,58+,59+,61+,62+/m1/s1. The zero-order chi connectivity index (χ0) is 64.3. The summed E-state index contributed by atoms with van der Waals surface area (Å²) in [5.74, 6) is -0.478. The summed E-state index contributed by atoms with van der Waals surface area (Å²) in [6.07, 6.45) is 4.06. The second-order valence-electron chi connectivity index (χ2n) is 25.2. The molecule has 1 aliphatic carbocycles. The summed E-state index contributed by atoms with van der Waals surface area (Å²) in [6.45, 7) is 11.4. The molecule has 0 unspecified atom stereocenters. The number of nitrogens with one attached hydrogen (secondary N) is 4. The fraction of sp³-hybridized carbons (Fsp3) is 0.449. The van der Waals surface area contributed by atoms with Crippen molar-refractivity contribution in [1.29, 1.82) is 0 Å². The average molecular weight is 1240 g/mol. The van der Waals surface area contributed by atoms with Crippen molar-refractivity contribution in [3.63, 3.8) is 0 Å². The Morgan fingerprint density at radius 3 is 2.10 bits per heavy atom. The van der Waals surface area contributed by atoms with Crippen molar-refractivity contribution < 1.29 is 47.8 Å². The van der Waals surface area contributed by atoms with E-state index in [-0.39, 0.29) is 68.7 Å². The summed E-state index contributed by atoms with van der Waals surface area (Å²) in [5.41, 5.74) is 21.1. The predicted molar refractivity (Wildman–Crippen MR) is 346 cm³/mol. The van der Waals surface area contributed by atoms with Gasteiger partial charge in [0.05, 0.1) is 6.04 Å². The molecule has 0 bridgehead atoms. The van der Waals surface area contributed by atoms with E-state index in [2.05, 4.69) is 103 Å². The molecule has 22 nitrogen and oxygen atoms in total. The van der Waals surface area contributed by atoms with E-state index in [1.165, 1.54) is 32.2 Å². The number of fused-ring (bicyclic) bond motifs is 2. The highest BCUT2D eigenvalue weighted by Crippen LogP contribution is 2.47. The molecule has 9 amide bonds. The Labute approximate surface area is 532 Å². The number of likely N-dealkylation sites (N-methyl/N-ethyl adjacent to an activating group) is 2. The van der Waals surface area contributed by atoms with Gasteiger partial charge in [0.25, 0.3) is 5.91 Å². The molecular weight excluding hydrogens is 1160 g/mol. The van der Waals surface area contributed by atoms with Crippen LogP contribution in [-0.2, 0) is 43.5 Å². The number of piperazine rings is 1. The third-order valence-corrected chi connectivity index (χ3v) is 18.6. The number of benzene rings is 5. The van der Waals surface area contributed by atoms with E-state index in [4.69, 9.17) is 20.9 Å². The molecule has 3 fully saturated rings. The van der Waals surface area contributed by atoms with Crippen molar-refractivity contribution in [1.82, 2.24) is 35.6 Å². The van der Waals surface area contributed by atoms with Gasteiger partial charge >= 0.3 is 18.2 Å². The van der Waals surface area contributed by atoms with Gasteiger partial charge in [-0.05, 0) is 151 Å². The lowest BCUT2D eigenvalue weighted by Gasteiger charge is -2.40. The maximum atomic E-state index is 13.5. The lowest BCUT2D eigenvalue weighted by molar-refractivity contribution is -0.137.